The van der Waals surface area contributed by atoms with E-state index in [1.54, 1.807) is 0 Å². The molecule has 0 spiro atoms. The van der Waals surface area contributed by atoms with Crippen LogP contribution in [-0.4, -0.2) is 0 Å². The van der Waals surface area contributed by atoms with Gasteiger partial charge in [0.2, 0.25) is 0 Å². The molecule has 2 bridgehead atoms. The van der Waals surface area contributed by atoms with Gasteiger partial charge in [0.15, 0.2) is 0 Å². The minimum atomic E-state index is 0.0635. The first-order chi connectivity index (χ1) is 12.5. The third-order valence-corrected chi connectivity index (χ3v) is 9.98. The Bertz CT molecular complexity index is 782. The molecule has 4 unspecified atom stereocenters. The third-order valence-electron chi connectivity index (χ3n) is 7.34. The quantitative estimate of drug-likeness (QED) is 0.323. The van der Waals surface area contributed by atoms with Gasteiger partial charge in [-0.25, -0.2) is 0 Å². The fourth-order valence-electron chi connectivity index (χ4n) is 6.69. The van der Waals surface area contributed by atoms with Crippen LogP contribution in [0.15, 0.2) is 54.3 Å². The Morgan fingerprint density at radius 2 is 1.23 bits per heavy atom. The summed E-state index contributed by atoms with van der Waals surface area (Å²) in [6.45, 7) is 0. The first-order valence-electron chi connectivity index (χ1n) is 9.43. The van der Waals surface area contributed by atoms with Gasteiger partial charge >= 0.3 is 0 Å². The van der Waals surface area contributed by atoms with Crippen molar-refractivity contribution in [3.63, 3.8) is 0 Å². The predicted molar refractivity (Wildman–Crippen MR) is 122 cm³/mol. The highest BCUT2D eigenvalue weighted by Gasteiger charge is 2.63. The topological polar surface area (TPSA) is 0 Å². The summed E-state index contributed by atoms with van der Waals surface area (Å²) >= 11 is 15.7. The van der Waals surface area contributed by atoms with Crippen LogP contribution in [-0.2, 0) is 5.41 Å². The molecule has 0 aliphatic heterocycles. The maximum absolute atomic E-state index is 3.92. The van der Waals surface area contributed by atoms with E-state index in [-0.39, 0.29) is 5.41 Å². The molecule has 0 amide bonds. The van der Waals surface area contributed by atoms with Crippen LogP contribution in [0, 0.1) is 23.7 Å². The van der Waals surface area contributed by atoms with Crippen molar-refractivity contribution in [1.82, 2.24) is 0 Å². The average molecular weight is 604 g/mol. The minimum Gasteiger partial charge on any atom is -0.0600 e. The SMILES string of the molecule is Brc1cccc(Br)c1C1(c2c(Br)cccc2Br)CC2CC1C1CCCC21. The Morgan fingerprint density at radius 3 is 1.77 bits per heavy atom. The van der Waals surface area contributed by atoms with E-state index in [0.717, 1.165) is 23.7 Å². The Hall–Kier alpha value is 0.360. The summed E-state index contributed by atoms with van der Waals surface area (Å²) < 4.78 is 4.93. The number of fused-ring (bicyclic) bond motifs is 5. The molecule has 0 radical (unpaired) electrons. The van der Waals surface area contributed by atoms with Gasteiger partial charge in [-0.1, -0.05) is 82.3 Å². The standard InChI is InChI=1S/C22H20Br4/c23-16-6-2-7-17(24)20(16)22(21-18(25)8-3-9-19(21)26)11-12-10-15(22)14-5-1-4-13(12)14/h2-3,6-9,12-15H,1,4-5,10-11H2. The molecular formula is C22H20Br4. The van der Waals surface area contributed by atoms with Crippen LogP contribution < -0.4 is 0 Å². The molecule has 4 heteroatoms. The zero-order valence-corrected chi connectivity index (χ0v) is 20.7. The number of halogens is 4. The van der Waals surface area contributed by atoms with Crippen molar-refractivity contribution in [3.05, 3.63) is 65.4 Å². The van der Waals surface area contributed by atoms with Crippen molar-refractivity contribution < 1.29 is 0 Å². The number of hydrogen-bond acceptors (Lipinski definition) is 0. The smallest absolute Gasteiger partial charge is 0.0281 e. The van der Waals surface area contributed by atoms with Gasteiger partial charge in [-0.15, -0.1) is 0 Å². The molecule has 26 heavy (non-hydrogen) atoms. The monoisotopic (exact) mass is 600 g/mol. The lowest BCUT2D eigenvalue weighted by Gasteiger charge is -2.46. The molecule has 0 heterocycles. The summed E-state index contributed by atoms with van der Waals surface area (Å²) in [5.41, 5.74) is 2.96. The molecule has 3 aliphatic rings. The molecule has 136 valence electrons. The fraction of sp³-hybridized carbons (Fsp3) is 0.455. The number of benzene rings is 2. The zero-order chi connectivity index (χ0) is 18.1. The lowest BCUT2D eigenvalue weighted by molar-refractivity contribution is 0.179. The van der Waals surface area contributed by atoms with E-state index in [4.69, 9.17) is 0 Å². The lowest BCUT2D eigenvalue weighted by atomic mass is 9.59. The van der Waals surface area contributed by atoms with E-state index in [1.165, 1.54) is 61.1 Å². The number of hydrogen-bond donors (Lipinski definition) is 0. The van der Waals surface area contributed by atoms with Gasteiger partial charge < -0.3 is 0 Å². The van der Waals surface area contributed by atoms with E-state index >= 15 is 0 Å². The highest BCUT2D eigenvalue weighted by Crippen LogP contribution is 2.70. The van der Waals surface area contributed by atoms with E-state index in [0.29, 0.717) is 0 Å². The summed E-state index contributed by atoms with van der Waals surface area (Å²) in [5, 5.41) is 0. The van der Waals surface area contributed by atoms with Crippen molar-refractivity contribution >= 4 is 63.7 Å². The van der Waals surface area contributed by atoms with Gasteiger partial charge in [-0.2, -0.15) is 0 Å². The molecule has 0 saturated heterocycles. The van der Waals surface area contributed by atoms with Gasteiger partial charge in [-0.3, -0.25) is 0 Å². The highest BCUT2D eigenvalue weighted by atomic mass is 79.9. The second kappa shape index (κ2) is 6.71. The minimum absolute atomic E-state index is 0.0635. The molecule has 0 nitrogen and oxygen atoms in total. The van der Waals surface area contributed by atoms with Crippen molar-refractivity contribution in [2.75, 3.05) is 0 Å². The first kappa shape index (κ1) is 18.4. The molecule has 3 aliphatic carbocycles. The zero-order valence-electron chi connectivity index (χ0n) is 14.3. The maximum Gasteiger partial charge on any atom is 0.0281 e. The van der Waals surface area contributed by atoms with Crippen LogP contribution in [0.4, 0.5) is 0 Å². The predicted octanol–water partition coefficient (Wildman–Crippen LogP) is 8.48. The third kappa shape index (κ3) is 2.47. The molecule has 5 rings (SSSR count). The van der Waals surface area contributed by atoms with Crippen molar-refractivity contribution in [2.24, 2.45) is 23.7 Å². The summed E-state index contributed by atoms with van der Waals surface area (Å²) in [6.07, 6.45) is 6.94. The van der Waals surface area contributed by atoms with E-state index in [9.17, 15) is 0 Å². The van der Waals surface area contributed by atoms with Gasteiger partial charge in [0.25, 0.3) is 0 Å². The van der Waals surface area contributed by atoms with Crippen LogP contribution >= 0.6 is 63.7 Å². The number of rotatable bonds is 2. The Kier molecular flexibility index (Phi) is 4.75. The molecular weight excluding hydrogens is 584 g/mol. The first-order valence-corrected chi connectivity index (χ1v) is 12.6. The normalized spacial score (nSPS) is 31.4. The summed E-state index contributed by atoms with van der Waals surface area (Å²) in [7, 11) is 0. The summed E-state index contributed by atoms with van der Waals surface area (Å²) in [6, 6.07) is 13.1. The maximum atomic E-state index is 3.92. The van der Waals surface area contributed by atoms with Crippen LogP contribution in [0.1, 0.15) is 43.2 Å². The molecule has 2 aromatic rings. The lowest BCUT2D eigenvalue weighted by Crippen LogP contribution is -2.41. The van der Waals surface area contributed by atoms with Gasteiger partial charge in [-0.05, 0) is 84.7 Å². The molecule has 3 saturated carbocycles. The largest absolute Gasteiger partial charge is 0.0600 e. The van der Waals surface area contributed by atoms with Gasteiger partial charge in [0.1, 0.15) is 0 Å². The second-order valence-corrected chi connectivity index (χ2v) is 11.6. The summed E-state index contributed by atoms with van der Waals surface area (Å²) in [5.74, 6) is 3.44. The Morgan fingerprint density at radius 1 is 0.731 bits per heavy atom. The summed E-state index contributed by atoms with van der Waals surface area (Å²) in [4.78, 5) is 0. The van der Waals surface area contributed by atoms with Gasteiger partial charge in [0.05, 0.1) is 0 Å². The van der Waals surface area contributed by atoms with Crippen LogP contribution in [0.2, 0.25) is 0 Å². The van der Waals surface area contributed by atoms with Gasteiger partial charge in [0, 0.05) is 23.3 Å². The second-order valence-electron chi connectivity index (χ2n) is 8.23. The fourth-order valence-corrected chi connectivity index (χ4v) is 10.1. The van der Waals surface area contributed by atoms with Crippen LogP contribution in [0.25, 0.3) is 0 Å². The van der Waals surface area contributed by atoms with E-state index in [1.807, 2.05) is 0 Å². The highest BCUT2D eigenvalue weighted by molar-refractivity contribution is 9.11. The Labute approximate surface area is 189 Å². The molecule has 0 aromatic heterocycles. The van der Waals surface area contributed by atoms with E-state index < -0.39 is 0 Å². The van der Waals surface area contributed by atoms with Crippen molar-refractivity contribution in [1.29, 1.82) is 0 Å². The van der Waals surface area contributed by atoms with Crippen molar-refractivity contribution in [2.45, 2.75) is 37.5 Å². The molecule has 2 aromatic carbocycles. The van der Waals surface area contributed by atoms with Crippen molar-refractivity contribution in [3.8, 4) is 0 Å². The average Bonchev–Trinajstić information content (AvgIpc) is 3.26. The Balaban J connectivity index is 1.81. The van der Waals surface area contributed by atoms with Crippen LogP contribution in [0.5, 0.6) is 0 Å². The molecule has 0 N–H and O–H groups in total. The van der Waals surface area contributed by atoms with Crippen LogP contribution in [0.3, 0.4) is 0 Å². The molecule has 4 atom stereocenters. The van der Waals surface area contributed by atoms with E-state index in [2.05, 4.69) is 100 Å². The molecule has 3 fully saturated rings.